The molecule has 43 heavy (non-hydrogen) atoms. The zero-order valence-corrected chi connectivity index (χ0v) is 23.9. The first kappa shape index (κ1) is 28.2. The monoisotopic (exact) mass is 580 g/mol. The van der Waals surface area contributed by atoms with Crippen molar-refractivity contribution < 1.29 is 28.2 Å². The van der Waals surface area contributed by atoms with Crippen molar-refractivity contribution in [1.29, 1.82) is 5.26 Å². The fourth-order valence-corrected chi connectivity index (χ4v) is 5.54. The van der Waals surface area contributed by atoms with Gasteiger partial charge in [0.1, 0.15) is 34.9 Å². The smallest absolute Gasteiger partial charge is 0.255 e. The summed E-state index contributed by atoms with van der Waals surface area (Å²) >= 11 is 0. The topological polar surface area (TPSA) is 127 Å². The third kappa shape index (κ3) is 6.03. The van der Waals surface area contributed by atoms with Gasteiger partial charge >= 0.3 is 0 Å². The van der Waals surface area contributed by atoms with Gasteiger partial charge in [-0.15, -0.1) is 0 Å². The van der Waals surface area contributed by atoms with E-state index in [9.17, 15) is 14.9 Å². The Morgan fingerprint density at radius 1 is 1.12 bits per heavy atom. The van der Waals surface area contributed by atoms with Crippen LogP contribution in [0.2, 0.25) is 0 Å². The zero-order chi connectivity index (χ0) is 29.8. The van der Waals surface area contributed by atoms with Crippen LogP contribution in [0.4, 0.5) is 0 Å². The molecule has 0 unspecified atom stereocenters. The maximum atomic E-state index is 12.9. The minimum atomic E-state index is -0.277. The van der Waals surface area contributed by atoms with E-state index in [1.54, 1.807) is 29.3 Å². The number of hydrogen-bond donors (Lipinski definition) is 1. The number of likely N-dealkylation sites (tertiary alicyclic amines) is 1. The second-order valence-corrected chi connectivity index (χ2v) is 10.6. The van der Waals surface area contributed by atoms with Gasteiger partial charge in [0.15, 0.2) is 5.58 Å². The molecule has 2 fully saturated rings. The van der Waals surface area contributed by atoms with Crippen LogP contribution in [0.3, 0.4) is 0 Å². The molecule has 0 bridgehead atoms. The van der Waals surface area contributed by atoms with E-state index >= 15 is 0 Å². The minimum Gasteiger partial charge on any atom is -0.496 e. The number of rotatable bonds is 9. The van der Waals surface area contributed by atoms with Crippen molar-refractivity contribution in [1.82, 2.24) is 15.2 Å². The van der Waals surface area contributed by atoms with Gasteiger partial charge in [0.25, 0.3) is 5.91 Å². The molecule has 4 aromatic rings. The summed E-state index contributed by atoms with van der Waals surface area (Å²) in [6, 6.07) is 16.8. The number of carbonyl (C=O) groups is 2. The van der Waals surface area contributed by atoms with E-state index in [2.05, 4.69) is 16.4 Å². The van der Waals surface area contributed by atoms with Crippen molar-refractivity contribution in [3.63, 3.8) is 0 Å². The lowest BCUT2D eigenvalue weighted by Crippen LogP contribution is -2.35. The fourth-order valence-electron chi connectivity index (χ4n) is 5.54. The molecule has 0 aliphatic carbocycles. The third-order valence-corrected chi connectivity index (χ3v) is 7.85. The molecule has 0 radical (unpaired) electrons. The van der Waals surface area contributed by atoms with Gasteiger partial charge in [-0.3, -0.25) is 14.6 Å². The molecule has 2 aliphatic heterocycles. The zero-order valence-electron chi connectivity index (χ0n) is 23.9. The average molecular weight is 581 g/mol. The van der Waals surface area contributed by atoms with E-state index < -0.39 is 0 Å². The van der Waals surface area contributed by atoms with Crippen LogP contribution in [0, 0.1) is 11.3 Å². The van der Waals surface area contributed by atoms with Gasteiger partial charge in [0.2, 0.25) is 5.91 Å². The molecule has 2 amide bonds. The summed E-state index contributed by atoms with van der Waals surface area (Å²) in [5, 5.41) is 12.7. The Kier molecular flexibility index (Phi) is 8.24. The van der Waals surface area contributed by atoms with Crippen LogP contribution < -0.4 is 14.8 Å². The van der Waals surface area contributed by atoms with E-state index in [0.29, 0.717) is 72.2 Å². The summed E-state index contributed by atoms with van der Waals surface area (Å²) in [5.41, 5.74) is 4.40. The molecular weight excluding hydrogens is 548 g/mol. The number of nitrogens with one attached hydrogen (secondary N) is 1. The summed E-state index contributed by atoms with van der Waals surface area (Å²) in [6.45, 7) is 2.90. The summed E-state index contributed by atoms with van der Waals surface area (Å²) in [7, 11) is 1.51. The van der Waals surface area contributed by atoms with Crippen molar-refractivity contribution in [2.24, 2.45) is 0 Å². The molecule has 0 spiro atoms. The number of benzene rings is 2. The summed E-state index contributed by atoms with van der Waals surface area (Å²) < 4.78 is 23.4. The molecule has 2 saturated heterocycles. The summed E-state index contributed by atoms with van der Waals surface area (Å²) in [5.74, 6) is 1.37. The second-order valence-electron chi connectivity index (χ2n) is 10.6. The van der Waals surface area contributed by atoms with Crippen molar-refractivity contribution in [3.05, 3.63) is 65.9 Å². The van der Waals surface area contributed by atoms with Crippen LogP contribution in [0.25, 0.3) is 33.6 Å². The largest absolute Gasteiger partial charge is 0.496 e. The molecule has 0 atom stereocenters. The van der Waals surface area contributed by atoms with Crippen molar-refractivity contribution in [2.45, 2.75) is 31.8 Å². The van der Waals surface area contributed by atoms with Crippen molar-refractivity contribution in [3.8, 4) is 40.0 Å². The molecule has 0 saturated carbocycles. The number of nitriles is 1. The lowest BCUT2D eigenvalue weighted by atomic mass is 10.0. The van der Waals surface area contributed by atoms with Crippen molar-refractivity contribution in [2.75, 3.05) is 40.0 Å². The van der Waals surface area contributed by atoms with Crippen LogP contribution in [-0.2, 0) is 9.53 Å². The van der Waals surface area contributed by atoms with Crippen LogP contribution in [0.15, 0.2) is 59.1 Å². The highest BCUT2D eigenvalue weighted by atomic mass is 16.5. The normalized spacial score (nSPS) is 15.4. The number of ether oxygens (including phenoxy) is 3. The standard InChI is InChI=1S/C33H32N4O6/c1-40-30-18-22(4-6-26(30)33(39)36-12-14-37-13-2-3-31(37)38)29-19-27-32(43-29)25(8-11-35-27)21-5-7-28(23(17-21)20-34)42-24-9-15-41-16-10-24/h4-8,11,17-19,24H,2-3,9-10,12-16H2,1H3,(H,36,39). The van der Waals surface area contributed by atoms with Crippen LogP contribution in [-0.4, -0.2) is 67.8 Å². The van der Waals surface area contributed by atoms with E-state index in [-0.39, 0.29) is 17.9 Å². The predicted molar refractivity (Wildman–Crippen MR) is 159 cm³/mol. The fraction of sp³-hybridized carbons (Fsp3) is 0.333. The number of methoxy groups -OCH3 is 1. The van der Waals surface area contributed by atoms with Crippen LogP contribution in [0.1, 0.15) is 41.6 Å². The Balaban J connectivity index is 1.22. The molecule has 2 aromatic heterocycles. The average Bonchev–Trinajstić information content (AvgIpc) is 3.67. The molecule has 10 heteroatoms. The first-order valence-electron chi connectivity index (χ1n) is 14.5. The molecule has 1 N–H and O–H groups in total. The molecule has 2 aliphatic rings. The number of fused-ring (bicyclic) bond motifs is 1. The minimum absolute atomic E-state index is 0.0296. The maximum absolute atomic E-state index is 12.9. The van der Waals surface area contributed by atoms with Crippen LogP contribution >= 0.6 is 0 Å². The van der Waals surface area contributed by atoms with Gasteiger partial charge in [-0.1, -0.05) is 12.1 Å². The Labute approximate surface area is 249 Å². The maximum Gasteiger partial charge on any atom is 0.255 e. The van der Waals surface area contributed by atoms with Crippen LogP contribution in [0.5, 0.6) is 11.5 Å². The first-order valence-corrected chi connectivity index (χ1v) is 14.5. The number of furan rings is 1. The van der Waals surface area contributed by atoms with Gasteiger partial charge in [0.05, 0.1) is 31.5 Å². The van der Waals surface area contributed by atoms with Crippen molar-refractivity contribution >= 4 is 22.9 Å². The van der Waals surface area contributed by atoms with Gasteiger partial charge in [0, 0.05) is 62.3 Å². The Morgan fingerprint density at radius 2 is 1.95 bits per heavy atom. The SMILES string of the molecule is COc1cc(-c2cc3nccc(-c4ccc(OC5CCOCC5)c(C#N)c4)c3o2)ccc1C(=O)NCCN1CCCC1=O. The summed E-state index contributed by atoms with van der Waals surface area (Å²) in [6.07, 6.45) is 4.76. The highest BCUT2D eigenvalue weighted by Crippen LogP contribution is 2.37. The quantitative estimate of drug-likeness (QED) is 0.295. The number of pyridine rings is 1. The summed E-state index contributed by atoms with van der Waals surface area (Å²) in [4.78, 5) is 31.0. The number of aromatic nitrogens is 1. The molecule has 4 heterocycles. The first-order chi connectivity index (χ1) is 21.0. The van der Waals surface area contributed by atoms with E-state index in [4.69, 9.17) is 18.6 Å². The van der Waals surface area contributed by atoms with Gasteiger partial charge in [-0.05, 0) is 42.3 Å². The number of carbonyl (C=O) groups excluding carboxylic acids is 2. The highest BCUT2D eigenvalue weighted by molar-refractivity contribution is 5.98. The lowest BCUT2D eigenvalue weighted by molar-refractivity contribution is -0.127. The number of nitrogens with zero attached hydrogens (tertiary/aromatic N) is 3. The van der Waals surface area contributed by atoms with E-state index in [1.165, 1.54) is 7.11 Å². The molecule has 220 valence electrons. The molecule has 6 rings (SSSR count). The van der Waals surface area contributed by atoms with Gasteiger partial charge in [-0.25, -0.2) is 0 Å². The van der Waals surface area contributed by atoms with E-state index in [1.807, 2.05) is 30.3 Å². The van der Waals surface area contributed by atoms with Gasteiger partial charge < -0.3 is 28.8 Å². The third-order valence-electron chi connectivity index (χ3n) is 7.85. The van der Waals surface area contributed by atoms with E-state index in [0.717, 1.165) is 42.5 Å². The predicted octanol–water partition coefficient (Wildman–Crippen LogP) is 4.95. The van der Waals surface area contributed by atoms with Gasteiger partial charge in [-0.2, -0.15) is 5.26 Å². The lowest BCUT2D eigenvalue weighted by Gasteiger charge is -2.23. The molecule has 2 aromatic carbocycles. The second kappa shape index (κ2) is 12.5. The Bertz CT molecular complexity index is 1700. The number of amides is 2. The molecular formula is C33H32N4O6. The molecule has 10 nitrogen and oxygen atoms in total. The number of hydrogen-bond acceptors (Lipinski definition) is 8. The highest BCUT2D eigenvalue weighted by Gasteiger charge is 2.22. The Hall–Kier alpha value is -4.88. The Morgan fingerprint density at radius 3 is 2.72 bits per heavy atom.